The molecule has 0 atom stereocenters. The van der Waals surface area contributed by atoms with E-state index in [1.165, 1.54) is 12.3 Å². The zero-order chi connectivity index (χ0) is 13.1. The van der Waals surface area contributed by atoms with E-state index in [1.54, 1.807) is 0 Å². The fourth-order valence-corrected chi connectivity index (χ4v) is 2.04. The van der Waals surface area contributed by atoms with Crippen molar-refractivity contribution >= 4 is 33.8 Å². The molecule has 0 saturated carbocycles. The Morgan fingerprint density at radius 2 is 2.17 bits per heavy atom. The first-order chi connectivity index (χ1) is 8.60. The number of aromatic amines is 1. The summed E-state index contributed by atoms with van der Waals surface area (Å²) < 4.78 is 0.959. The Morgan fingerprint density at radius 1 is 1.39 bits per heavy atom. The quantitative estimate of drug-likeness (QED) is 0.856. The van der Waals surface area contributed by atoms with Crippen LogP contribution in [0, 0.1) is 6.92 Å². The molecule has 0 spiro atoms. The molecule has 0 fully saturated rings. The van der Waals surface area contributed by atoms with E-state index in [0.29, 0.717) is 17.5 Å². The van der Waals surface area contributed by atoms with Crippen LogP contribution in [0.15, 0.2) is 34.9 Å². The van der Waals surface area contributed by atoms with E-state index in [1.807, 2.05) is 25.1 Å². The second-order valence-corrected chi connectivity index (χ2v) is 4.79. The highest BCUT2D eigenvalue weighted by Gasteiger charge is 2.10. The smallest absolute Gasteiger partial charge is 0.272 e. The molecule has 1 aromatic carbocycles. The number of carbonyl (C=O) groups excluding carboxylic acids is 2. The lowest BCUT2D eigenvalue weighted by molar-refractivity contribution is 0.102. The SMILES string of the molecule is Cc1cc(Br)ccc1NC(=O)c1cc(C=O)c[nH]1. The molecule has 0 aliphatic heterocycles. The Morgan fingerprint density at radius 3 is 2.78 bits per heavy atom. The summed E-state index contributed by atoms with van der Waals surface area (Å²) in [6, 6.07) is 7.10. The highest BCUT2D eigenvalue weighted by Crippen LogP contribution is 2.20. The van der Waals surface area contributed by atoms with Crippen molar-refractivity contribution in [2.45, 2.75) is 6.92 Å². The minimum Gasteiger partial charge on any atom is -0.356 e. The number of H-pyrrole nitrogens is 1. The largest absolute Gasteiger partial charge is 0.356 e. The van der Waals surface area contributed by atoms with E-state index in [4.69, 9.17) is 0 Å². The number of hydrogen-bond donors (Lipinski definition) is 2. The third-order valence-electron chi connectivity index (χ3n) is 2.52. The third kappa shape index (κ3) is 2.68. The molecular formula is C13H11BrN2O2. The molecule has 2 aromatic rings. The number of hydrogen-bond acceptors (Lipinski definition) is 2. The molecule has 5 heteroatoms. The summed E-state index contributed by atoms with van der Waals surface area (Å²) in [4.78, 5) is 25.2. The molecule has 0 aliphatic carbocycles. The van der Waals surface area contributed by atoms with Crippen LogP contribution in [-0.4, -0.2) is 17.2 Å². The monoisotopic (exact) mass is 306 g/mol. The zero-order valence-corrected chi connectivity index (χ0v) is 11.2. The number of aryl methyl sites for hydroxylation is 1. The van der Waals surface area contributed by atoms with Gasteiger partial charge in [-0.25, -0.2) is 0 Å². The molecule has 0 bridgehead atoms. The van der Waals surface area contributed by atoms with Crippen molar-refractivity contribution in [2.75, 3.05) is 5.32 Å². The summed E-state index contributed by atoms with van der Waals surface area (Å²) in [5, 5.41) is 2.78. The van der Waals surface area contributed by atoms with Gasteiger partial charge in [-0.05, 0) is 36.8 Å². The Labute approximate surface area is 113 Å². The lowest BCUT2D eigenvalue weighted by Gasteiger charge is -2.07. The normalized spacial score (nSPS) is 10.1. The molecule has 0 saturated heterocycles. The van der Waals surface area contributed by atoms with Crippen LogP contribution in [0.4, 0.5) is 5.69 Å². The Kier molecular flexibility index (Phi) is 3.62. The van der Waals surface area contributed by atoms with Gasteiger partial charge in [0.25, 0.3) is 5.91 Å². The highest BCUT2D eigenvalue weighted by molar-refractivity contribution is 9.10. The predicted octanol–water partition coefficient (Wildman–Crippen LogP) is 3.15. The Hall–Kier alpha value is -1.88. The van der Waals surface area contributed by atoms with Gasteiger partial charge < -0.3 is 10.3 Å². The van der Waals surface area contributed by atoms with Crippen LogP contribution in [0.3, 0.4) is 0 Å². The van der Waals surface area contributed by atoms with Gasteiger partial charge >= 0.3 is 0 Å². The summed E-state index contributed by atoms with van der Waals surface area (Å²) in [7, 11) is 0. The van der Waals surface area contributed by atoms with E-state index < -0.39 is 0 Å². The molecule has 0 aliphatic rings. The molecule has 92 valence electrons. The van der Waals surface area contributed by atoms with E-state index in [9.17, 15) is 9.59 Å². The first-order valence-corrected chi connectivity index (χ1v) is 6.10. The summed E-state index contributed by atoms with van der Waals surface area (Å²) in [6.07, 6.45) is 2.19. The van der Waals surface area contributed by atoms with Gasteiger partial charge in [0.05, 0.1) is 0 Å². The fourth-order valence-electron chi connectivity index (χ4n) is 1.57. The van der Waals surface area contributed by atoms with Gasteiger partial charge in [0, 0.05) is 21.9 Å². The number of carbonyl (C=O) groups is 2. The maximum atomic E-state index is 11.9. The van der Waals surface area contributed by atoms with Crippen molar-refractivity contribution in [3.8, 4) is 0 Å². The molecule has 2 rings (SSSR count). The van der Waals surface area contributed by atoms with Crippen molar-refractivity contribution < 1.29 is 9.59 Å². The van der Waals surface area contributed by atoms with Crippen LogP contribution < -0.4 is 5.32 Å². The molecule has 4 nitrogen and oxygen atoms in total. The topological polar surface area (TPSA) is 62.0 Å². The molecule has 1 heterocycles. The number of anilines is 1. The summed E-state index contributed by atoms with van der Waals surface area (Å²) in [6.45, 7) is 1.91. The molecule has 18 heavy (non-hydrogen) atoms. The maximum Gasteiger partial charge on any atom is 0.272 e. The lowest BCUT2D eigenvalue weighted by atomic mass is 10.2. The van der Waals surface area contributed by atoms with E-state index in [0.717, 1.165) is 15.7 Å². The van der Waals surface area contributed by atoms with Crippen molar-refractivity contribution in [3.63, 3.8) is 0 Å². The van der Waals surface area contributed by atoms with Crippen LogP contribution in [0.25, 0.3) is 0 Å². The lowest BCUT2D eigenvalue weighted by Crippen LogP contribution is -2.13. The minimum absolute atomic E-state index is 0.270. The number of rotatable bonds is 3. The number of nitrogens with one attached hydrogen (secondary N) is 2. The highest BCUT2D eigenvalue weighted by atomic mass is 79.9. The van der Waals surface area contributed by atoms with Gasteiger partial charge in [-0.1, -0.05) is 15.9 Å². The second-order valence-electron chi connectivity index (χ2n) is 3.88. The number of aldehydes is 1. The van der Waals surface area contributed by atoms with Gasteiger partial charge in [-0.2, -0.15) is 0 Å². The van der Waals surface area contributed by atoms with Gasteiger partial charge in [-0.3, -0.25) is 9.59 Å². The van der Waals surface area contributed by atoms with Crippen LogP contribution in [0.2, 0.25) is 0 Å². The van der Waals surface area contributed by atoms with Crippen LogP contribution in [-0.2, 0) is 0 Å². The van der Waals surface area contributed by atoms with Crippen LogP contribution >= 0.6 is 15.9 Å². The fraction of sp³-hybridized carbons (Fsp3) is 0.0769. The molecular weight excluding hydrogens is 296 g/mol. The van der Waals surface area contributed by atoms with Crippen molar-refractivity contribution in [1.29, 1.82) is 0 Å². The van der Waals surface area contributed by atoms with Gasteiger partial charge in [0.1, 0.15) is 5.69 Å². The van der Waals surface area contributed by atoms with Crippen LogP contribution in [0.1, 0.15) is 26.4 Å². The van der Waals surface area contributed by atoms with Crippen molar-refractivity contribution in [3.05, 3.63) is 51.8 Å². The average Bonchev–Trinajstić information content (AvgIpc) is 2.81. The maximum absolute atomic E-state index is 11.9. The van der Waals surface area contributed by atoms with E-state index in [2.05, 4.69) is 26.2 Å². The Balaban J connectivity index is 2.18. The molecule has 1 amide bonds. The number of benzene rings is 1. The van der Waals surface area contributed by atoms with Crippen LogP contribution in [0.5, 0.6) is 0 Å². The predicted molar refractivity (Wildman–Crippen MR) is 73.0 cm³/mol. The summed E-state index contributed by atoms with van der Waals surface area (Å²) in [5.74, 6) is -0.270. The van der Waals surface area contributed by atoms with Gasteiger partial charge in [-0.15, -0.1) is 0 Å². The standard InChI is InChI=1S/C13H11BrN2O2/c1-8-4-10(14)2-3-11(8)16-13(18)12-5-9(7-17)6-15-12/h2-7,15H,1H3,(H,16,18). The molecule has 1 aromatic heterocycles. The Bertz CT molecular complexity index is 605. The average molecular weight is 307 g/mol. The van der Waals surface area contributed by atoms with E-state index >= 15 is 0 Å². The summed E-state index contributed by atoms with van der Waals surface area (Å²) in [5.41, 5.74) is 2.51. The van der Waals surface area contributed by atoms with Gasteiger partial charge in [0.2, 0.25) is 0 Å². The zero-order valence-electron chi connectivity index (χ0n) is 9.66. The minimum atomic E-state index is -0.270. The summed E-state index contributed by atoms with van der Waals surface area (Å²) >= 11 is 3.36. The van der Waals surface area contributed by atoms with Crippen molar-refractivity contribution in [1.82, 2.24) is 4.98 Å². The number of halogens is 1. The van der Waals surface area contributed by atoms with E-state index in [-0.39, 0.29) is 5.91 Å². The van der Waals surface area contributed by atoms with Crippen molar-refractivity contribution in [2.24, 2.45) is 0 Å². The molecule has 0 radical (unpaired) electrons. The number of aromatic nitrogens is 1. The first-order valence-electron chi connectivity index (χ1n) is 5.31. The number of amides is 1. The first kappa shape index (κ1) is 12.6. The third-order valence-corrected chi connectivity index (χ3v) is 3.02. The molecule has 0 unspecified atom stereocenters. The second kappa shape index (κ2) is 5.18. The molecule has 2 N–H and O–H groups in total. The van der Waals surface area contributed by atoms with Gasteiger partial charge in [0.15, 0.2) is 6.29 Å².